The Morgan fingerprint density at radius 1 is 1.21 bits per heavy atom. The van der Waals surface area contributed by atoms with Crippen molar-refractivity contribution in [3.63, 3.8) is 0 Å². The number of halogens is 2. The second-order valence-corrected chi connectivity index (χ2v) is 4.52. The molecule has 6 heteroatoms. The Labute approximate surface area is 93.0 Å². The molecule has 0 bridgehead atoms. The van der Waals surface area contributed by atoms with Gasteiger partial charge in [0.05, 0.1) is 15.0 Å². The van der Waals surface area contributed by atoms with E-state index in [0.717, 1.165) is 21.4 Å². The van der Waals surface area contributed by atoms with Gasteiger partial charge >= 0.3 is 5.00 Å². The Morgan fingerprint density at radius 3 is 2.50 bits per heavy atom. The maximum absolute atomic E-state index is 10.5. The van der Waals surface area contributed by atoms with Gasteiger partial charge in [0.1, 0.15) is 0 Å². The van der Waals surface area contributed by atoms with Crippen LogP contribution in [0.1, 0.15) is 0 Å². The van der Waals surface area contributed by atoms with Crippen LogP contribution < -0.4 is 0 Å². The lowest BCUT2D eigenvalue weighted by molar-refractivity contribution is -0.380. The average Bonchev–Trinajstić information content (AvgIpc) is 2.48. The SMILES string of the molecule is O=[N+]([O-])c1cc2cc(Cl)c(Cl)cc2s1. The highest BCUT2D eigenvalue weighted by Gasteiger charge is 2.12. The zero-order chi connectivity index (χ0) is 10.3. The summed E-state index contributed by atoms with van der Waals surface area (Å²) in [5.74, 6) is 0. The van der Waals surface area contributed by atoms with Gasteiger partial charge in [0, 0.05) is 16.2 Å². The standard InChI is InChI=1S/C8H3Cl2NO2S/c9-5-1-4-2-8(11(12)13)14-7(4)3-6(5)10/h1-3H. The first-order valence-corrected chi connectivity index (χ1v) is 5.18. The number of rotatable bonds is 1. The highest BCUT2D eigenvalue weighted by atomic mass is 35.5. The number of nitrogens with zero attached hydrogens (tertiary/aromatic N) is 1. The van der Waals surface area contributed by atoms with Crippen molar-refractivity contribution in [3.05, 3.63) is 38.4 Å². The first-order valence-electron chi connectivity index (χ1n) is 3.61. The molecule has 2 aromatic rings. The minimum atomic E-state index is -0.424. The van der Waals surface area contributed by atoms with Crippen LogP contribution in [0, 0.1) is 10.1 Å². The fourth-order valence-corrected chi connectivity index (χ4v) is 2.41. The molecule has 3 nitrogen and oxygen atoms in total. The maximum Gasteiger partial charge on any atom is 0.325 e. The molecule has 1 aromatic carbocycles. The molecule has 72 valence electrons. The predicted octanol–water partition coefficient (Wildman–Crippen LogP) is 4.12. The van der Waals surface area contributed by atoms with Crippen molar-refractivity contribution in [2.75, 3.05) is 0 Å². The molecule has 14 heavy (non-hydrogen) atoms. The van der Waals surface area contributed by atoms with E-state index in [2.05, 4.69) is 0 Å². The highest BCUT2D eigenvalue weighted by Crippen LogP contribution is 2.36. The molecule has 0 fully saturated rings. The number of hydrogen-bond donors (Lipinski definition) is 0. The minimum absolute atomic E-state index is 0.0957. The summed E-state index contributed by atoms with van der Waals surface area (Å²) in [4.78, 5) is 10.1. The Kier molecular flexibility index (Phi) is 2.34. The normalized spacial score (nSPS) is 10.7. The fourth-order valence-electron chi connectivity index (χ4n) is 1.11. The second-order valence-electron chi connectivity index (χ2n) is 2.65. The number of fused-ring (bicyclic) bond motifs is 1. The zero-order valence-electron chi connectivity index (χ0n) is 6.66. The Bertz CT molecular complexity index is 484. The van der Waals surface area contributed by atoms with Crippen molar-refractivity contribution in [2.45, 2.75) is 0 Å². The van der Waals surface area contributed by atoms with Crippen LogP contribution >= 0.6 is 34.5 Å². The van der Waals surface area contributed by atoms with Gasteiger partial charge in [0.15, 0.2) is 0 Å². The molecule has 0 saturated carbocycles. The van der Waals surface area contributed by atoms with E-state index in [1.165, 1.54) is 6.07 Å². The molecule has 0 aliphatic heterocycles. The van der Waals surface area contributed by atoms with E-state index in [1.54, 1.807) is 12.1 Å². The monoisotopic (exact) mass is 247 g/mol. The van der Waals surface area contributed by atoms with Crippen molar-refractivity contribution in [2.24, 2.45) is 0 Å². The Hall–Kier alpha value is -0.840. The zero-order valence-corrected chi connectivity index (χ0v) is 8.99. The van der Waals surface area contributed by atoms with E-state index in [0.29, 0.717) is 10.0 Å². The minimum Gasteiger partial charge on any atom is -0.258 e. The molecular formula is C8H3Cl2NO2S. The summed E-state index contributed by atoms with van der Waals surface area (Å²) in [5, 5.41) is 12.2. The largest absolute Gasteiger partial charge is 0.325 e. The number of hydrogen-bond acceptors (Lipinski definition) is 3. The summed E-state index contributed by atoms with van der Waals surface area (Å²) in [7, 11) is 0. The molecule has 1 heterocycles. The maximum atomic E-state index is 10.5. The van der Waals surface area contributed by atoms with Crippen molar-refractivity contribution in [3.8, 4) is 0 Å². The van der Waals surface area contributed by atoms with E-state index in [9.17, 15) is 10.1 Å². The molecule has 0 atom stereocenters. The first kappa shape index (κ1) is 9.71. The quantitative estimate of drug-likeness (QED) is 0.562. The molecule has 1 aromatic heterocycles. The van der Waals surface area contributed by atoms with E-state index in [1.807, 2.05) is 0 Å². The Balaban J connectivity index is 2.72. The van der Waals surface area contributed by atoms with Crippen molar-refractivity contribution in [1.82, 2.24) is 0 Å². The van der Waals surface area contributed by atoms with E-state index in [4.69, 9.17) is 23.2 Å². The van der Waals surface area contributed by atoms with Gasteiger partial charge in [-0.2, -0.15) is 0 Å². The van der Waals surface area contributed by atoms with Crippen LogP contribution in [0.4, 0.5) is 5.00 Å². The lowest BCUT2D eigenvalue weighted by atomic mass is 10.3. The first-order chi connectivity index (χ1) is 6.58. The Morgan fingerprint density at radius 2 is 1.86 bits per heavy atom. The van der Waals surface area contributed by atoms with Gasteiger partial charge in [-0.1, -0.05) is 34.5 Å². The summed E-state index contributed by atoms with van der Waals surface area (Å²) in [6.07, 6.45) is 0. The van der Waals surface area contributed by atoms with Gasteiger partial charge in [0.2, 0.25) is 0 Å². The van der Waals surface area contributed by atoms with Crippen LogP contribution in [-0.4, -0.2) is 4.92 Å². The van der Waals surface area contributed by atoms with Crippen molar-refractivity contribution >= 4 is 49.6 Å². The lowest BCUT2D eigenvalue weighted by Gasteiger charge is -1.93. The number of nitro groups is 1. The smallest absolute Gasteiger partial charge is 0.258 e. The van der Waals surface area contributed by atoms with Crippen LogP contribution in [0.2, 0.25) is 10.0 Å². The number of benzene rings is 1. The topological polar surface area (TPSA) is 43.1 Å². The molecule has 0 aliphatic carbocycles. The van der Waals surface area contributed by atoms with E-state index in [-0.39, 0.29) is 5.00 Å². The van der Waals surface area contributed by atoms with E-state index < -0.39 is 4.92 Å². The van der Waals surface area contributed by atoms with Gasteiger partial charge in [-0.3, -0.25) is 10.1 Å². The van der Waals surface area contributed by atoms with Crippen LogP contribution in [0.15, 0.2) is 18.2 Å². The summed E-state index contributed by atoms with van der Waals surface area (Å²) in [6, 6.07) is 4.75. The van der Waals surface area contributed by atoms with E-state index >= 15 is 0 Å². The number of thiophene rings is 1. The molecule has 0 radical (unpaired) electrons. The van der Waals surface area contributed by atoms with Gasteiger partial charge in [0.25, 0.3) is 0 Å². The fraction of sp³-hybridized carbons (Fsp3) is 0. The summed E-state index contributed by atoms with van der Waals surface area (Å²) >= 11 is 12.6. The van der Waals surface area contributed by atoms with Crippen molar-refractivity contribution < 1.29 is 4.92 Å². The van der Waals surface area contributed by atoms with Crippen LogP contribution in [0.3, 0.4) is 0 Å². The van der Waals surface area contributed by atoms with Crippen LogP contribution in [-0.2, 0) is 0 Å². The summed E-state index contributed by atoms with van der Waals surface area (Å²) in [6.45, 7) is 0. The summed E-state index contributed by atoms with van der Waals surface area (Å²) in [5.41, 5.74) is 0. The molecule has 0 amide bonds. The third-order valence-corrected chi connectivity index (χ3v) is 3.50. The molecular weight excluding hydrogens is 245 g/mol. The van der Waals surface area contributed by atoms with Crippen molar-refractivity contribution in [1.29, 1.82) is 0 Å². The highest BCUT2D eigenvalue weighted by molar-refractivity contribution is 7.22. The van der Waals surface area contributed by atoms with Crippen LogP contribution in [0.25, 0.3) is 10.1 Å². The lowest BCUT2D eigenvalue weighted by Crippen LogP contribution is -1.80. The second kappa shape index (κ2) is 3.38. The van der Waals surface area contributed by atoms with Crippen LogP contribution in [0.5, 0.6) is 0 Å². The predicted molar refractivity (Wildman–Crippen MR) is 58.5 cm³/mol. The molecule has 0 aliphatic rings. The third kappa shape index (κ3) is 1.56. The third-order valence-electron chi connectivity index (χ3n) is 1.73. The summed E-state index contributed by atoms with van der Waals surface area (Å²) < 4.78 is 0.770. The molecule has 2 rings (SSSR count). The molecule has 0 N–H and O–H groups in total. The van der Waals surface area contributed by atoms with Gasteiger partial charge in [-0.05, 0) is 12.1 Å². The molecule has 0 saturated heterocycles. The molecule has 0 unspecified atom stereocenters. The average molecular weight is 248 g/mol. The van der Waals surface area contributed by atoms with Gasteiger partial charge in [-0.25, -0.2) is 0 Å². The molecule has 0 spiro atoms. The van der Waals surface area contributed by atoms with Gasteiger partial charge < -0.3 is 0 Å². The van der Waals surface area contributed by atoms with Gasteiger partial charge in [-0.15, -0.1) is 0 Å².